The fourth-order valence-corrected chi connectivity index (χ4v) is 2.47. The second kappa shape index (κ2) is 5.29. The molecule has 0 amide bonds. The minimum atomic E-state index is -0.857. The number of aryl methyl sites for hydroxylation is 1. The average Bonchev–Trinajstić information content (AvgIpc) is 2.49. The quantitative estimate of drug-likeness (QED) is 0.782. The molecule has 3 rings (SSSR count). The molecular formula is C16H12F3N3. The maximum Gasteiger partial charge on any atom is 0.142 e. The monoisotopic (exact) mass is 303 g/mol. The van der Waals surface area contributed by atoms with Crippen molar-refractivity contribution in [1.82, 2.24) is 9.97 Å². The van der Waals surface area contributed by atoms with Gasteiger partial charge in [0.05, 0.1) is 17.4 Å². The van der Waals surface area contributed by atoms with E-state index in [9.17, 15) is 13.2 Å². The van der Waals surface area contributed by atoms with Gasteiger partial charge in [0.2, 0.25) is 0 Å². The third-order valence-corrected chi connectivity index (χ3v) is 3.44. The zero-order valence-electron chi connectivity index (χ0n) is 11.7. The molecule has 0 saturated heterocycles. The van der Waals surface area contributed by atoms with Crippen molar-refractivity contribution in [1.29, 1.82) is 0 Å². The van der Waals surface area contributed by atoms with E-state index in [1.54, 1.807) is 6.07 Å². The molecule has 3 nitrogen and oxygen atoms in total. The smallest absolute Gasteiger partial charge is 0.142 e. The maximum absolute atomic E-state index is 14.4. The fraction of sp³-hybridized carbons (Fsp3) is 0.125. The number of nitrogens with zero attached hydrogens (tertiary/aromatic N) is 2. The van der Waals surface area contributed by atoms with Crippen LogP contribution in [-0.4, -0.2) is 9.97 Å². The molecule has 0 aliphatic carbocycles. The van der Waals surface area contributed by atoms with Gasteiger partial charge in [-0.15, -0.1) is 0 Å². The number of halogens is 3. The number of fused-ring (bicyclic) bond motifs is 1. The van der Waals surface area contributed by atoms with Crippen LogP contribution in [0.4, 0.5) is 19.0 Å². The molecule has 1 aromatic carbocycles. The third kappa shape index (κ3) is 2.26. The maximum atomic E-state index is 14.4. The molecule has 3 aromatic rings. The molecular weight excluding hydrogens is 291 g/mol. The summed E-state index contributed by atoms with van der Waals surface area (Å²) in [5.74, 6) is -2.00. The molecule has 0 unspecified atom stereocenters. The molecule has 0 aliphatic rings. The lowest BCUT2D eigenvalue weighted by Gasteiger charge is -2.12. The minimum absolute atomic E-state index is 0.0557. The van der Waals surface area contributed by atoms with Crippen molar-refractivity contribution in [3.05, 3.63) is 53.6 Å². The van der Waals surface area contributed by atoms with Crippen molar-refractivity contribution >= 4 is 16.7 Å². The number of rotatable bonds is 2. The summed E-state index contributed by atoms with van der Waals surface area (Å²) in [6.45, 7) is 1.85. The second-order valence-electron chi connectivity index (χ2n) is 4.85. The van der Waals surface area contributed by atoms with Crippen LogP contribution in [0.15, 0.2) is 30.5 Å². The number of nitrogens with two attached hydrogens (primary N) is 1. The number of nitrogen functional groups attached to an aromatic ring is 1. The Labute approximate surface area is 124 Å². The molecule has 6 heteroatoms. The van der Waals surface area contributed by atoms with E-state index >= 15 is 0 Å². The van der Waals surface area contributed by atoms with E-state index < -0.39 is 17.5 Å². The number of hydrogen-bond donors (Lipinski definition) is 1. The highest BCUT2D eigenvalue weighted by molar-refractivity contribution is 5.95. The van der Waals surface area contributed by atoms with E-state index in [0.717, 1.165) is 18.3 Å². The van der Waals surface area contributed by atoms with E-state index in [2.05, 4.69) is 9.97 Å². The fourth-order valence-electron chi connectivity index (χ4n) is 2.47. The van der Waals surface area contributed by atoms with Gasteiger partial charge in [0.1, 0.15) is 23.3 Å². The molecule has 2 aromatic heterocycles. The van der Waals surface area contributed by atoms with Gasteiger partial charge in [-0.1, -0.05) is 6.92 Å². The zero-order chi connectivity index (χ0) is 15.9. The van der Waals surface area contributed by atoms with Gasteiger partial charge in [-0.25, -0.2) is 18.2 Å². The van der Waals surface area contributed by atoms with Gasteiger partial charge >= 0.3 is 0 Å². The predicted molar refractivity (Wildman–Crippen MR) is 78.6 cm³/mol. The van der Waals surface area contributed by atoms with Crippen LogP contribution in [0, 0.1) is 17.5 Å². The molecule has 2 heterocycles. The third-order valence-electron chi connectivity index (χ3n) is 3.44. The molecule has 0 aliphatic heterocycles. The van der Waals surface area contributed by atoms with Crippen LogP contribution in [-0.2, 0) is 6.42 Å². The second-order valence-corrected chi connectivity index (χ2v) is 4.85. The molecule has 22 heavy (non-hydrogen) atoms. The van der Waals surface area contributed by atoms with E-state index in [1.165, 1.54) is 6.07 Å². The van der Waals surface area contributed by atoms with Crippen LogP contribution in [0.5, 0.6) is 0 Å². The Balaban J connectivity index is 2.41. The van der Waals surface area contributed by atoms with Crippen LogP contribution in [0.3, 0.4) is 0 Å². The summed E-state index contributed by atoms with van der Waals surface area (Å²) in [5.41, 5.74) is 6.84. The van der Waals surface area contributed by atoms with Crippen molar-refractivity contribution in [2.75, 3.05) is 5.73 Å². The number of pyridine rings is 2. The van der Waals surface area contributed by atoms with Gasteiger partial charge in [-0.2, -0.15) is 0 Å². The highest BCUT2D eigenvalue weighted by atomic mass is 19.1. The van der Waals surface area contributed by atoms with Crippen LogP contribution in [0.1, 0.15) is 12.6 Å². The normalized spacial score (nSPS) is 11.1. The molecule has 0 saturated carbocycles. The molecule has 0 spiro atoms. The topological polar surface area (TPSA) is 51.8 Å². The van der Waals surface area contributed by atoms with Crippen molar-refractivity contribution in [3.63, 3.8) is 0 Å². The van der Waals surface area contributed by atoms with Crippen LogP contribution in [0.2, 0.25) is 0 Å². The van der Waals surface area contributed by atoms with E-state index in [1.807, 2.05) is 6.92 Å². The van der Waals surface area contributed by atoms with Crippen molar-refractivity contribution in [2.24, 2.45) is 0 Å². The van der Waals surface area contributed by atoms with E-state index in [-0.39, 0.29) is 16.5 Å². The number of hydrogen-bond acceptors (Lipinski definition) is 3. The lowest BCUT2D eigenvalue weighted by molar-refractivity contribution is 0.590. The molecule has 0 fully saturated rings. The molecule has 112 valence electrons. The van der Waals surface area contributed by atoms with Crippen LogP contribution >= 0.6 is 0 Å². The Bertz CT molecular complexity index is 878. The Morgan fingerprint density at radius 2 is 1.86 bits per heavy atom. The standard InChI is InChI=1S/C16H12F3N3/c1-2-13-9(3-4-14(20)22-13)15-12(19)6-11(18)10-5-8(17)7-21-16(10)15/h3-7H,2H2,1H3,(H2,20,22). The van der Waals surface area contributed by atoms with Gasteiger partial charge in [0.25, 0.3) is 0 Å². The Morgan fingerprint density at radius 3 is 2.59 bits per heavy atom. The molecule has 0 atom stereocenters. The Morgan fingerprint density at radius 1 is 1.09 bits per heavy atom. The summed E-state index contributed by atoms with van der Waals surface area (Å²) in [6, 6.07) is 4.88. The SMILES string of the molecule is CCc1nc(N)ccc1-c1c(F)cc(F)c2cc(F)cnc12. The van der Waals surface area contributed by atoms with E-state index in [4.69, 9.17) is 5.73 Å². The van der Waals surface area contributed by atoms with Gasteiger partial charge in [-0.05, 0) is 24.6 Å². The van der Waals surface area contributed by atoms with Crippen molar-refractivity contribution in [2.45, 2.75) is 13.3 Å². The average molecular weight is 303 g/mol. The number of anilines is 1. The first-order chi connectivity index (χ1) is 10.5. The first-order valence-electron chi connectivity index (χ1n) is 6.70. The highest BCUT2D eigenvalue weighted by Crippen LogP contribution is 2.34. The van der Waals surface area contributed by atoms with Crippen molar-refractivity contribution in [3.8, 4) is 11.1 Å². The first-order valence-corrected chi connectivity index (χ1v) is 6.70. The summed E-state index contributed by atoms with van der Waals surface area (Å²) in [4.78, 5) is 8.03. The lowest BCUT2D eigenvalue weighted by atomic mass is 9.98. The summed E-state index contributed by atoms with van der Waals surface area (Å²) < 4.78 is 41.5. The first kappa shape index (κ1) is 14.3. The summed E-state index contributed by atoms with van der Waals surface area (Å²) in [6.07, 6.45) is 1.45. The molecule has 0 bridgehead atoms. The van der Waals surface area contributed by atoms with Crippen molar-refractivity contribution < 1.29 is 13.2 Å². The number of aromatic nitrogens is 2. The highest BCUT2D eigenvalue weighted by Gasteiger charge is 2.18. The Hall–Kier alpha value is -2.63. The van der Waals surface area contributed by atoms with Crippen LogP contribution in [0.25, 0.3) is 22.0 Å². The van der Waals surface area contributed by atoms with E-state index in [0.29, 0.717) is 23.5 Å². The summed E-state index contributed by atoms with van der Waals surface area (Å²) in [7, 11) is 0. The van der Waals surface area contributed by atoms with Crippen LogP contribution < -0.4 is 5.73 Å². The Kier molecular flexibility index (Phi) is 3.44. The van der Waals surface area contributed by atoms with Gasteiger partial charge < -0.3 is 5.73 Å². The number of benzene rings is 1. The zero-order valence-corrected chi connectivity index (χ0v) is 11.7. The minimum Gasteiger partial charge on any atom is -0.384 e. The predicted octanol–water partition coefficient (Wildman–Crippen LogP) is 3.86. The summed E-state index contributed by atoms with van der Waals surface area (Å²) in [5, 5.41) is -0.0738. The van der Waals surface area contributed by atoms with Gasteiger partial charge in [-0.3, -0.25) is 4.98 Å². The molecule has 2 N–H and O–H groups in total. The lowest BCUT2D eigenvalue weighted by Crippen LogP contribution is -2.01. The summed E-state index contributed by atoms with van der Waals surface area (Å²) >= 11 is 0. The van der Waals surface area contributed by atoms with Gasteiger partial charge in [0, 0.05) is 22.6 Å². The molecule has 0 radical (unpaired) electrons. The van der Waals surface area contributed by atoms with Gasteiger partial charge in [0.15, 0.2) is 0 Å². The largest absolute Gasteiger partial charge is 0.384 e.